The van der Waals surface area contributed by atoms with Crippen LogP contribution in [0, 0.1) is 0 Å². The maximum Gasteiger partial charge on any atom is 0.306 e. The molecule has 0 aromatic heterocycles. The van der Waals surface area contributed by atoms with Gasteiger partial charge in [0.1, 0.15) is 0 Å². The maximum absolute atomic E-state index is 12.1. The third-order valence-electron chi connectivity index (χ3n) is 4.53. The van der Waals surface area contributed by atoms with Crippen molar-refractivity contribution in [2.24, 2.45) is 0 Å². The molecule has 0 bridgehead atoms. The maximum atomic E-state index is 12.1. The molecule has 2 aromatic rings. The number of rotatable bonds is 6. The van der Waals surface area contributed by atoms with Crippen LogP contribution < -0.4 is 5.32 Å². The first kappa shape index (κ1) is 17.2. The number of ether oxygens (including phenoxy) is 1. The van der Waals surface area contributed by atoms with E-state index in [2.05, 4.69) is 17.4 Å². The van der Waals surface area contributed by atoms with Gasteiger partial charge in [0.15, 0.2) is 6.61 Å². The second-order valence-electron chi connectivity index (χ2n) is 6.36. The Kier molecular flexibility index (Phi) is 5.83. The van der Waals surface area contributed by atoms with Crippen LogP contribution in [0.3, 0.4) is 0 Å². The molecule has 0 radical (unpaired) electrons. The number of benzene rings is 2. The number of carbonyl (C=O) groups is 2. The van der Waals surface area contributed by atoms with Gasteiger partial charge in [-0.05, 0) is 42.4 Å². The number of aryl methyl sites for hydroxylation is 2. The van der Waals surface area contributed by atoms with Crippen molar-refractivity contribution in [3.63, 3.8) is 0 Å². The summed E-state index contributed by atoms with van der Waals surface area (Å²) in [5.41, 5.74) is 3.55. The van der Waals surface area contributed by atoms with Gasteiger partial charge in [-0.15, -0.1) is 0 Å². The largest absolute Gasteiger partial charge is 0.456 e. The minimum absolute atomic E-state index is 0.0143. The molecule has 3 rings (SSSR count). The fourth-order valence-corrected chi connectivity index (χ4v) is 3.25. The molecule has 0 saturated heterocycles. The molecule has 1 aliphatic rings. The molecule has 1 aliphatic carbocycles. The lowest BCUT2D eigenvalue weighted by atomic mass is 9.88. The molecule has 0 heterocycles. The number of nitrogens with one attached hydrogen (secondary N) is 1. The average molecular weight is 337 g/mol. The highest BCUT2D eigenvalue weighted by Gasteiger charge is 2.21. The third kappa shape index (κ3) is 4.92. The van der Waals surface area contributed by atoms with Crippen LogP contribution in [0.5, 0.6) is 0 Å². The Balaban J connectivity index is 1.43. The second kappa shape index (κ2) is 8.47. The molecule has 0 aliphatic heterocycles. The third-order valence-corrected chi connectivity index (χ3v) is 4.53. The van der Waals surface area contributed by atoms with Gasteiger partial charge in [-0.25, -0.2) is 0 Å². The first-order chi connectivity index (χ1) is 12.2. The molecule has 1 amide bonds. The van der Waals surface area contributed by atoms with Gasteiger partial charge in [0.25, 0.3) is 5.91 Å². The molecule has 2 aromatic carbocycles. The van der Waals surface area contributed by atoms with Gasteiger partial charge in [-0.3, -0.25) is 9.59 Å². The SMILES string of the molecule is O=C(COC(=O)CCc1ccccc1)N[C@@H]1CCCc2ccccc21. The summed E-state index contributed by atoms with van der Waals surface area (Å²) >= 11 is 0. The molecule has 1 atom stereocenters. The molecule has 4 heteroatoms. The Labute approximate surface area is 148 Å². The van der Waals surface area contributed by atoms with Gasteiger partial charge in [0, 0.05) is 6.42 Å². The number of amides is 1. The zero-order chi connectivity index (χ0) is 17.5. The van der Waals surface area contributed by atoms with Crippen LogP contribution in [-0.2, 0) is 27.2 Å². The number of hydrogen-bond acceptors (Lipinski definition) is 3. The van der Waals surface area contributed by atoms with Crippen LogP contribution in [0.4, 0.5) is 0 Å². The van der Waals surface area contributed by atoms with Crippen LogP contribution in [-0.4, -0.2) is 18.5 Å². The Bertz CT molecular complexity index is 727. The van der Waals surface area contributed by atoms with Crippen molar-refractivity contribution < 1.29 is 14.3 Å². The van der Waals surface area contributed by atoms with E-state index in [1.165, 1.54) is 11.1 Å². The molecule has 0 saturated carbocycles. The Morgan fingerprint density at radius 1 is 1.04 bits per heavy atom. The quantitative estimate of drug-likeness (QED) is 0.823. The summed E-state index contributed by atoms with van der Waals surface area (Å²) in [7, 11) is 0. The van der Waals surface area contributed by atoms with E-state index < -0.39 is 0 Å². The van der Waals surface area contributed by atoms with E-state index >= 15 is 0 Å². The van der Waals surface area contributed by atoms with E-state index in [9.17, 15) is 9.59 Å². The number of carbonyl (C=O) groups excluding carboxylic acids is 2. The summed E-state index contributed by atoms with van der Waals surface area (Å²) in [6, 6.07) is 18.0. The topological polar surface area (TPSA) is 55.4 Å². The lowest BCUT2D eigenvalue weighted by Crippen LogP contribution is -2.34. The molecule has 1 N–H and O–H groups in total. The highest BCUT2D eigenvalue weighted by Crippen LogP contribution is 2.29. The van der Waals surface area contributed by atoms with E-state index in [0.717, 1.165) is 24.8 Å². The van der Waals surface area contributed by atoms with Crippen molar-refractivity contribution in [1.29, 1.82) is 0 Å². The zero-order valence-corrected chi connectivity index (χ0v) is 14.2. The number of fused-ring (bicyclic) bond motifs is 1. The Hall–Kier alpha value is -2.62. The summed E-state index contributed by atoms with van der Waals surface area (Å²) in [6.07, 6.45) is 3.93. The standard InChI is InChI=1S/C21H23NO3/c23-20(15-25-21(24)14-13-16-7-2-1-3-8-16)22-19-12-6-10-17-9-4-5-11-18(17)19/h1-5,7-9,11,19H,6,10,12-15H2,(H,22,23)/t19-/m1/s1. The first-order valence-corrected chi connectivity index (χ1v) is 8.79. The molecule has 0 unspecified atom stereocenters. The van der Waals surface area contributed by atoms with E-state index in [-0.39, 0.29) is 30.9 Å². The first-order valence-electron chi connectivity index (χ1n) is 8.79. The van der Waals surface area contributed by atoms with Gasteiger partial charge >= 0.3 is 5.97 Å². The van der Waals surface area contributed by atoms with Crippen LogP contribution in [0.15, 0.2) is 54.6 Å². The average Bonchev–Trinajstić information content (AvgIpc) is 2.66. The van der Waals surface area contributed by atoms with Crippen molar-refractivity contribution in [1.82, 2.24) is 5.32 Å². The Morgan fingerprint density at radius 2 is 1.80 bits per heavy atom. The van der Waals surface area contributed by atoms with Crippen LogP contribution in [0.1, 0.15) is 42.0 Å². The van der Waals surface area contributed by atoms with Gasteiger partial charge < -0.3 is 10.1 Å². The van der Waals surface area contributed by atoms with E-state index in [4.69, 9.17) is 4.74 Å². The molecular weight excluding hydrogens is 314 g/mol. The van der Waals surface area contributed by atoms with Crippen LogP contribution in [0.2, 0.25) is 0 Å². The van der Waals surface area contributed by atoms with Crippen LogP contribution >= 0.6 is 0 Å². The van der Waals surface area contributed by atoms with Gasteiger partial charge in [-0.2, -0.15) is 0 Å². The molecule has 25 heavy (non-hydrogen) atoms. The van der Waals surface area contributed by atoms with Gasteiger partial charge in [-0.1, -0.05) is 54.6 Å². The smallest absolute Gasteiger partial charge is 0.306 e. The highest BCUT2D eigenvalue weighted by molar-refractivity contribution is 5.81. The second-order valence-corrected chi connectivity index (χ2v) is 6.36. The number of esters is 1. The molecule has 130 valence electrons. The molecule has 0 spiro atoms. The minimum Gasteiger partial charge on any atom is -0.456 e. The van der Waals surface area contributed by atoms with Crippen LogP contribution in [0.25, 0.3) is 0 Å². The summed E-state index contributed by atoms with van der Waals surface area (Å²) in [6.45, 7) is -0.216. The van der Waals surface area contributed by atoms with Crippen molar-refractivity contribution in [2.75, 3.05) is 6.61 Å². The van der Waals surface area contributed by atoms with Crippen molar-refractivity contribution in [3.05, 3.63) is 71.3 Å². The lowest BCUT2D eigenvalue weighted by molar-refractivity contribution is -0.148. The summed E-state index contributed by atoms with van der Waals surface area (Å²) in [5.74, 6) is -0.585. The van der Waals surface area contributed by atoms with Gasteiger partial charge in [0.05, 0.1) is 6.04 Å². The Morgan fingerprint density at radius 3 is 2.64 bits per heavy atom. The molecule has 0 fully saturated rings. The normalized spacial score (nSPS) is 15.9. The molecule has 4 nitrogen and oxygen atoms in total. The summed E-state index contributed by atoms with van der Waals surface area (Å²) in [5, 5.41) is 2.99. The van der Waals surface area contributed by atoms with Crippen molar-refractivity contribution in [3.8, 4) is 0 Å². The fraction of sp³-hybridized carbons (Fsp3) is 0.333. The van der Waals surface area contributed by atoms with E-state index in [1.807, 2.05) is 42.5 Å². The fourth-order valence-electron chi connectivity index (χ4n) is 3.25. The number of hydrogen-bond donors (Lipinski definition) is 1. The van der Waals surface area contributed by atoms with Crippen molar-refractivity contribution >= 4 is 11.9 Å². The van der Waals surface area contributed by atoms with Gasteiger partial charge in [0.2, 0.25) is 0 Å². The molecular formula is C21H23NO3. The lowest BCUT2D eigenvalue weighted by Gasteiger charge is -2.26. The monoisotopic (exact) mass is 337 g/mol. The minimum atomic E-state index is -0.344. The van der Waals surface area contributed by atoms with E-state index in [0.29, 0.717) is 6.42 Å². The highest BCUT2D eigenvalue weighted by atomic mass is 16.5. The summed E-state index contributed by atoms with van der Waals surface area (Å²) in [4.78, 5) is 23.9. The van der Waals surface area contributed by atoms with E-state index in [1.54, 1.807) is 0 Å². The predicted molar refractivity (Wildman–Crippen MR) is 96.0 cm³/mol. The zero-order valence-electron chi connectivity index (χ0n) is 14.2. The predicted octanol–water partition coefficient (Wildman–Crippen LogP) is 3.36. The summed E-state index contributed by atoms with van der Waals surface area (Å²) < 4.78 is 5.10. The van der Waals surface area contributed by atoms with Crippen molar-refractivity contribution in [2.45, 2.75) is 38.1 Å².